The molecule has 3 atom stereocenters. The highest BCUT2D eigenvalue weighted by atomic mass is 16.6. The van der Waals surface area contributed by atoms with Gasteiger partial charge in [0.15, 0.2) is 12.2 Å². The number of benzene rings is 1. The van der Waals surface area contributed by atoms with Gasteiger partial charge in [0.25, 0.3) is 5.91 Å². The molecule has 0 aromatic heterocycles. The lowest BCUT2D eigenvalue weighted by Crippen LogP contribution is -2.55. The summed E-state index contributed by atoms with van der Waals surface area (Å²) in [7, 11) is 0. The van der Waals surface area contributed by atoms with Crippen molar-refractivity contribution in [3.63, 3.8) is 0 Å². The molecular weight excluding hydrogens is 398 g/mol. The van der Waals surface area contributed by atoms with E-state index >= 15 is 0 Å². The fourth-order valence-electron chi connectivity index (χ4n) is 3.72. The zero-order valence-corrected chi connectivity index (χ0v) is 18.1. The van der Waals surface area contributed by atoms with Gasteiger partial charge in [0, 0.05) is 32.7 Å². The van der Waals surface area contributed by atoms with Crippen LogP contribution < -0.4 is 5.32 Å². The molecule has 2 aliphatic rings. The number of nitrogens with zero attached hydrogens (tertiary/aromatic N) is 2. The molecule has 2 fully saturated rings. The van der Waals surface area contributed by atoms with Crippen molar-refractivity contribution in [1.82, 2.24) is 15.1 Å². The Morgan fingerprint density at radius 3 is 2.39 bits per heavy atom. The molecule has 0 saturated carbocycles. The first-order valence-electron chi connectivity index (χ1n) is 10.8. The Bertz CT molecular complexity index is 803. The van der Waals surface area contributed by atoms with E-state index < -0.39 is 30.1 Å². The van der Waals surface area contributed by atoms with E-state index in [-0.39, 0.29) is 11.8 Å². The summed E-state index contributed by atoms with van der Waals surface area (Å²) in [6.07, 6.45) is 2.60. The molecule has 2 heterocycles. The van der Waals surface area contributed by atoms with Gasteiger partial charge in [-0.05, 0) is 17.9 Å². The molecule has 1 aromatic rings. The van der Waals surface area contributed by atoms with Crippen LogP contribution in [0.25, 0.3) is 6.08 Å². The summed E-state index contributed by atoms with van der Waals surface area (Å²) in [5.74, 6) is -1.61. The van der Waals surface area contributed by atoms with E-state index in [0.29, 0.717) is 19.5 Å². The number of carboxylic acids is 1. The third kappa shape index (κ3) is 6.63. The van der Waals surface area contributed by atoms with Crippen LogP contribution in [0.1, 0.15) is 25.8 Å². The third-order valence-corrected chi connectivity index (χ3v) is 5.47. The van der Waals surface area contributed by atoms with Crippen LogP contribution in [0.3, 0.4) is 0 Å². The highest BCUT2D eigenvalue weighted by molar-refractivity contribution is 5.95. The number of carbonyl (C=O) groups is 3. The fourth-order valence-corrected chi connectivity index (χ4v) is 3.72. The summed E-state index contributed by atoms with van der Waals surface area (Å²) in [5.41, 5.74) is 1.16. The SMILES string of the molecule is CC(C)CC(NC(=O)[C@@H]1O[C@H]1C(=O)O)C(=O)N1CCN(CC=Cc2ccccc2)CC1. The number of aliphatic carboxylic acids is 1. The molecule has 8 heteroatoms. The molecule has 0 radical (unpaired) electrons. The van der Waals surface area contributed by atoms with Gasteiger partial charge < -0.3 is 20.1 Å². The Kier molecular flexibility index (Phi) is 7.81. The second-order valence-corrected chi connectivity index (χ2v) is 8.45. The number of epoxide rings is 1. The van der Waals surface area contributed by atoms with E-state index in [1.165, 1.54) is 0 Å². The van der Waals surface area contributed by atoms with Gasteiger partial charge in [0.1, 0.15) is 6.04 Å². The van der Waals surface area contributed by atoms with Crippen molar-refractivity contribution in [2.24, 2.45) is 5.92 Å². The first kappa shape index (κ1) is 23.0. The molecule has 1 unspecified atom stereocenters. The molecule has 0 aliphatic carbocycles. The van der Waals surface area contributed by atoms with Gasteiger partial charge >= 0.3 is 5.97 Å². The number of rotatable bonds is 9. The van der Waals surface area contributed by atoms with Gasteiger partial charge in [0.2, 0.25) is 5.91 Å². The molecule has 2 saturated heterocycles. The third-order valence-electron chi connectivity index (χ3n) is 5.47. The van der Waals surface area contributed by atoms with Crippen LogP contribution >= 0.6 is 0 Å². The summed E-state index contributed by atoms with van der Waals surface area (Å²) >= 11 is 0. The van der Waals surface area contributed by atoms with Crippen LogP contribution in [-0.2, 0) is 19.1 Å². The second kappa shape index (κ2) is 10.5. The molecule has 31 heavy (non-hydrogen) atoms. The molecule has 2 N–H and O–H groups in total. The predicted octanol–water partition coefficient (Wildman–Crippen LogP) is 1.23. The number of piperazine rings is 1. The van der Waals surface area contributed by atoms with Crippen molar-refractivity contribution in [3.05, 3.63) is 42.0 Å². The van der Waals surface area contributed by atoms with Crippen LogP contribution in [0.5, 0.6) is 0 Å². The predicted molar refractivity (Wildman–Crippen MR) is 116 cm³/mol. The molecule has 1 aromatic carbocycles. The van der Waals surface area contributed by atoms with Gasteiger partial charge in [-0.15, -0.1) is 0 Å². The smallest absolute Gasteiger partial charge is 0.336 e. The Balaban J connectivity index is 1.48. The van der Waals surface area contributed by atoms with Crippen LogP contribution in [0.4, 0.5) is 0 Å². The zero-order chi connectivity index (χ0) is 22.4. The lowest BCUT2D eigenvalue weighted by molar-refractivity contribution is -0.138. The lowest BCUT2D eigenvalue weighted by atomic mass is 10.0. The van der Waals surface area contributed by atoms with E-state index in [9.17, 15) is 14.4 Å². The first-order valence-corrected chi connectivity index (χ1v) is 10.8. The molecule has 0 spiro atoms. The Hall–Kier alpha value is -2.71. The maximum absolute atomic E-state index is 13.1. The van der Waals surface area contributed by atoms with Gasteiger partial charge in [-0.1, -0.05) is 56.3 Å². The van der Waals surface area contributed by atoms with E-state index in [4.69, 9.17) is 9.84 Å². The normalized spacial score (nSPS) is 22.5. The average Bonchev–Trinajstić information content (AvgIpc) is 3.55. The van der Waals surface area contributed by atoms with Crippen molar-refractivity contribution in [3.8, 4) is 0 Å². The van der Waals surface area contributed by atoms with Crippen LogP contribution in [0, 0.1) is 5.92 Å². The van der Waals surface area contributed by atoms with E-state index in [0.717, 1.165) is 25.2 Å². The minimum Gasteiger partial charge on any atom is -0.479 e. The number of amides is 2. The second-order valence-electron chi connectivity index (χ2n) is 8.45. The zero-order valence-electron chi connectivity index (χ0n) is 18.1. The first-order chi connectivity index (χ1) is 14.8. The molecule has 168 valence electrons. The molecule has 2 amide bonds. The Morgan fingerprint density at radius 1 is 1.13 bits per heavy atom. The summed E-state index contributed by atoms with van der Waals surface area (Å²) in [6.45, 7) is 7.51. The van der Waals surface area contributed by atoms with Crippen molar-refractivity contribution in [2.45, 2.75) is 38.5 Å². The minimum absolute atomic E-state index is 0.117. The highest BCUT2D eigenvalue weighted by Gasteiger charge is 2.51. The molecule has 0 bridgehead atoms. The van der Waals surface area contributed by atoms with E-state index in [1.807, 2.05) is 32.0 Å². The Morgan fingerprint density at radius 2 is 1.81 bits per heavy atom. The standard InChI is InChI=1S/C23H31N3O5/c1-16(2)15-18(24-21(27)19-20(31-19)23(29)30)22(28)26-13-11-25(12-14-26)10-6-9-17-7-4-3-5-8-17/h3-9,16,18-20H,10-15H2,1-2H3,(H,24,27)(H,29,30)/t18?,19-,20-/m1/s1. The van der Waals surface area contributed by atoms with Crippen molar-refractivity contribution in [1.29, 1.82) is 0 Å². The minimum atomic E-state index is -1.16. The summed E-state index contributed by atoms with van der Waals surface area (Å²) in [5, 5.41) is 11.6. The number of nitrogens with one attached hydrogen (secondary N) is 1. The summed E-state index contributed by atoms with van der Waals surface area (Å²) < 4.78 is 4.91. The lowest BCUT2D eigenvalue weighted by Gasteiger charge is -2.36. The molecular formula is C23H31N3O5. The van der Waals surface area contributed by atoms with Gasteiger partial charge in [-0.2, -0.15) is 0 Å². The van der Waals surface area contributed by atoms with Crippen molar-refractivity contribution in [2.75, 3.05) is 32.7 Å². The fraction of sp³-hybridized carbons (Fsp3) is 0.522. The molecule has 2 aliphatic heterocycles. The summed E-state index contributed by atoms with van der Waals surface area (Å²) in [6, 6.07) is 9.45. The maximum Gasteiger partial charge on any atom is 0.336 e. The maximum atomic E-state index is 13.1. The van der Waals surface area contributed by atoms with Crippen molar-refractivity contribution >= 4 is 23.9 Å². The number of ether oxygens (including phenoxy) is 1. The topological polar surface area (TPSA) is 102 Å². The monoisotopic (exact) mass is 429 g/mol. The number of carbonyl (C=O) groups excluding carboxylic acids is 2. The van der Waals surface area contributed by atoms with Gasteiger partial charge in [0.05, 0.1) is 0 Å². The van der Waals surface area contributed by atoms with Gasteiger partial charge in [-0.3, -0.25) is 14.5 Å². The van der Waals surface area contributed by atoms with Crippen LogP contribution in [0.15, 0.2) is 36.4 Å². The van der Waals surface area contributed by atoms with E-state index in [2.05, 4.69) is 34.5 Å². The highest BCUT2D eigenvalue weighted by Crippen LogP contribution is 2.23. The number of hydrogen-bond acceptors (Lipinski definition) is 5. The molecule has 3 rings (SSSR count). The largest absolute Gasteiger partial charge is 0.479 e. The quantitative estimate of drug-likeness (QED) is 0.573. The summed E-state index contributed by atoms with van der Waals surface area (Å²) in [4.78, 5) is 40.3. The number of hydrogen-bond donors (Lipinski definition) is 2. The average molecular weight is 430 g/mol. The van der Waals surface area contributed by atoms with E-state index in [1.54, 1.807) is 4.90 Å². The number of carboxylic acid groups (broad SMARTS) is 1. The van der Waals surface area contributed by atoms with Crippen molar-refractivity contribution < 1.29 is 24.2 Å². The van der Waals surface area contributed by atoms with Gasteiger partial charge in [-0.25, -0.2) is 4.79 Å². The Labute approximate surface area is 182 Å². The molecule has 8 nitrogen and oxygen atoms in total. The van der Waals surface area contributed by atoms with Crippen LogP contribution in [-0.4, -0.2) is 83.7 Å². The van der Waals surface area contributed by atoms with Crippen LogP contribution in [0.2, 0.25) is 0 Å².